The first kappa shape index (κ1) is 12.1. The summed E-state index contributed by atoms with van der Waals surface area (Å²) in [6.45, 7) is 1.62. The molecule has 1 atom stereocenters. The predicted molar refractivity (Wildman–Crippen MR) is 63.8 cm³/mol. The van der Waals surface area contributed by atoms with Gasteiger partial charge in [-0.05, 0) is 31.2 Å². The van der Waals surface area contributed by atoms with Gasteiger partial charge in [0, 0.05) is 0 Å². The lowest BCUT2D eigenvalue weighted by Crippen LogP contribution is -2.40. The van der Waals surface area contributed by atoms with E-state index < -0.39 is 6.10 Å². The highest BCUT2D eigenvalue weighted by Crippen LogP contribution is 2.15. The summed E-state index contributed by atoms with van der Waals surface area (Å²) in [7, 11) is 0. The quantitative estimate of drug-likeness (QED) is 0.451. The molecular weight excluding hydrogens is 234 g/mol. The number of ether oxygens (including phenoxy) is 1. The molecule has 0 spiro atoms. The zero-order chi connectivity index (χ0) is 13.0. The van der Waals surface area contributed by atoms with Crippen LogP contribution < -0.4 is 16.0 Å². The van der Waals surface area contributed by atoms with Crippen molar-refractivity contribution in [2.24, 2.45) is 5.84 Å². The number of carbonyl (C=O) groups is 1. The van der Waals surface area contributed by atoms with Crippen LogP contribution in [0.25, 0.3) is 5.69 Å². The summed E-state index contributed by atoms with van der Waals surface area (Å²) in [5.41, 5.74) is 2.89. The van der Waals surface area contributed by atoms with Gasteiger partial charge >= 0.3 is 0 Å². The van der Waals surface area contributed by atoms with Crippen LogP contribution in [0.1, 0.15) is 6.92 Å². The predicted octanol–water partition coefficient (Wildman–Crippen LogP) is 0.0245. The number of amides is 1. The molecule has 0 bridgehead atoms. The van der Waals surface area contributed by atoms with E-state index in [1.807, 2.05) is 17.6 Å². The lowest BCUT2D eigenvalue weighted by molar-refractivity contribution is -0.127. The zero-order valence-electron chi connectivity index (χ0n) is 9.78. The lowest BCUT2D eigenvalue weighted by atomic mass is 10.3. The van der Waals surface area contributed by atoms with Crippen LogP contribution in [0.15, 0.2) is 36.9 Å². The first-order valence-electron chi connectivity index (χ1n) is 5.33. The molecule has 94 valence electrons. The molecule has 0 fully saturated rings. The van der Waals surface area contributed by atoms with Crippen LogP contribution in [0.3, 0.4) is 0 Å². The SMILES string of the molecule is C[C@@H](Oc1ccc(-n2cncn2)cc1)C(=O)NN. The van der Waals surface area contributed by atoms with Crippen LogP contribution in [0, 0.1) is 0 Å². The average molecular weight is 247 g/mol. The molecule has 7 nitrogen and oxygen atoms in total. The van der Waals surface area contributed by atoms with E-state index in [9.17, 15) is 4.79 Å². The van der Waals surface area contributed by atoms with E-state index >= 15 is 0 Å². The molecule has 0 saturated heterocycles. The van der Waals surface area contributed by atoms with E-state index in [-0.39, 0.29) is 5.91 Å². The molecule has 0 aliphatic heterocycles. The van der Waals surface area contributed by atoms with Crippen molar-refractivity contribution in [3.8, 4) is 11.4 Å². The Kier molecular flexibility index (Phi) is 3.54. The van der Waals surface area contributed by atoms with Crippen LogP contribution in [0.5, 0.6) is 5.75 Å². The summed E-state index contributed by atoms with van der Waals surface area (Å²) in [5, 5.41) is 4.00. The Morgan fingerprint density at radius 1 is 1.44 bits per heavy atom. The number of rotatable bonds is 4. The van der Waals surface area contributed by atoms with E-state index in [1.165, 1.54) is 6.33 Å². The molecule has 1 heterocycles. The third-order valence-corrected chi connectivity index (χ3v) is 2.34. The monoisotopic (exact) mass is 247 g/mol. The Bertz CT molecular complexity index is 509. The minimum absolute atomic E-state index is 0.379. The van der Waals surface area contributed by atoms with E-state index in [4.69, 9.17) is 10.6 Å². The molecule has 0 aliphatic carbocycles. The molecule has 2 rings (SSSR count). The number of nitrogens with one attached hydrogen (secondary N) is 1. The van der Waals surface area contributed by atoms with Crippen molar-refractivity contribution < 1.29 is 9.53 Å². The number of hydrogen-bond donors (Lipinski definition) is 2. The van der Waals surface area contributed by atoms with Crippen molar-refractivity contribution in [1.82, 2.24) is 20.2 Å². The number of nitrogens with zero attached hydrogens (tertiary/aromatic N) is 3. The van der Waals surface area contributed by atoms with Gasteiger partial charge in [0.25, 0.3) is 5.91 Å². The average Bonchev–Trinajstić information content (AvgIpc) is 2.92. The van der Waals surface area contributed by atoms with Crippen molar-refractivity contribution in [2.45, 2.75) is 13.0 Å². The zero-order valence-corrected chi connectivity index (χ0v) is 9.78. The topological polar surface area (TPSA) is 95.1 Å². The van der Waals surface area contributed by atoms with Crippen LogP contribution in [0.4, 0.5) is 0 Å². The summed E-state index contributed by atoms with van der Waals surface area (Å²) < 4.78 is 7.03. The van der Waals surface area contributed by atoms with Gasteiger partial charge in [-0.1, -0.05) is 0 Å². The molecule has 0 saturated carbocycles. The number of hydrazine groups is 1. The largest absolute Gasteiger partial charge is 0.481 e. The minimum Gasteiger partial charge on any atom is -0.481 e. The lowest BCUT2D eigenvalue weighted by Gasteiger charge is -2.13. The van der Waals surface area contributed by atoms with Gasteiger partial charge in [-0.25, -0.2) is 15.5 Å². The molecule has 0 aliphatic rings. The third-order valence-electron chi connectivity index (χ3n) is 2.34. The maximum atomic E-state index is 11.2. The van der Waals surface area contributed by atoms with Crippen LogP contribution >= 0.6 is 0 Å². The first-order chi connectivity index (χ1) is 8.70. The van der Waals surface area contributed by atoms with Gasteiger partial charge in [0.1, 0.15) is 18.4 Å². The Morgan fingerprint density at radius 3 is 2.72 bits per heavy atom. The number of hydrogen-bond acceptors (Lipinski definition) is 5. The maximum Gasteiger partial charge on any atom is 0.274 e. The van der Waals surface area contributed by atoms with Gasteiger partial charge in [0.05, 0.1) is 5.69 Å². The highest BCUT2D eigenvalue weighted by Gasteiger charge is 2.12. The van der Waals surface area contributed by atoms with E-state index in [0.29, 0.717) is 5.75 Å². The van der Waals surface area contributed by atoms with Gasteiger partial charge < -0.3 is 4.74 Å². The minimum atomic E-state index is -0.646. The van der Waals surface area contributed by atoms with Crippen molar-refractivity contribution in [1.29, 1.82) is 0 Å². The van der Waals surface area contributed by atoms with Gasteiger partial charge in [0.2, 0.25) is 0 Å². The van der Waals surface area contributed by atoms with Crippen LogP contribution in [-0.4, -0.2) is 26.8 Å². The second-order valence-corrected chi connectivity index (χ2v) is 3.60. The normalized spacial score (nSPS) is 11.9. The van der Waals surface area contributed by atoms with Crippen LogP contribution in [0.2, 0.25) is 0 Å². The van der Waals surface area contributed by atoms with Crippen molar-refractivity contribution >= 4 is 5.91 Å². The summed E-state index contributed by atoms with van der Waals surface area (Å²) >= 11 is 0. The molecule has 18 heavy (non-hydrogen) atoms. The molecule has 1 amide bonds. The van der Waals surface area contributed by atoms with Gasteiger partial charge in [0.15, 0.2) is 6.10 Å². The molecule has 0 unspecified atom stereocenters. The summed E-state index contributed by atoms with van der Waals surface area (Å²) in [5.74, 6) is 5.22. The summed E-state index contributed by atoms with van der Waals surface area (Å²) in [6.07, 6.45) is 2.41. The van der Waals surface area contributed by atoms with E-state index in [1.54, 1.807) is 30.1 Å². The smallest absolute Gasteiger partial charge is 0.274 e. The number of nitrogens with two attached hydrogens (primary N) is 1. The molecule has 1 aromatic carbocycles. The van der Waals surface area contributed by atoms with Gasteiger partial charge in [-0.2, -0.15) is 5.10 Å². The summed E-state index contributed by atoms with van der Waals surface area (Å²) in [4.78, 5) is 15.0. The fourth-order valence-corrected chi connectivity index (χ4v) is 1.39. The molecular formula is C11H13N5O2. The Hall–Kier alpha value is -2.41. The van der Waals surface area contributed by atoms with Crippen molar-refractivity contribution in [3.05, 3.63) is 36.9 Å². The van der Waals surface area contributed by atoms with Crippen molar-refractivity contribution in [2.75, 3.05) is 0 Å². The third kappa shape index (κ3) is 2.64. The van der Waals surface area contributed by atoms with Gasteiger partial charge in [-0.3, -0.25) is 10.2 Å². The second-order valence-electron chi connectivity index (χ2n) is 3.60. The maximum absolute atomic E-state index is 11.2. The van der Waals surface area contributed by atoms with Crippen LogP contribution in [-0.2, 0) is 4.79 Å². The number of carbonyl (C=O) groups excluding carboxylic acids is 1. The first-order valence-corrected chi connectivity index (χ1v) is 5.33. The molecule has 2 aromatic rings. The number of aromatic nitrogens is 3. The number of benzene rings is 1. The van der Waals surface area contributed by atoms with Crippen molar-refractivity contribution in [3.63, 3.8) is 0 Å². The Morgan fingerprint density at radius 2 is 2.17 bits per heavy atom. The Balaban J connectivity index is 2.06. The standard InChI is InChI=1S/C11H13N5O2/c1-8(11(17)15-12)18-10-4-2-9(3-5-10)16-7-13-6-14-16/h2-8H,12H2,1H3,(H,15,17)/t8-/m1/s1. The Labute approximate surface area is 104 Å². The molecule has 0 radical (unpaired) electrons. The molecule has 1 aromatic heterocycles. The molecule has 7 heteroatoms. The highest BCUT2D eigenvalue weighted by atomic mass is 16.5. The highest BCUT2D eigenvalue weighted by molar-refractivity contribution is 5.80. The second kappa shape index (κ2) is 5.28. The molecule has 3 N–H and O–H groups in total. The summed E-state index contributed by atoms with van der Waals surface area (Å²) in [6, 6.07) is 7.13. The van der Waals surface area contributed by atoms with Gasteiger partial charge in [-0.15, -0.1) is 0 Å². The van der Waals surface area contributed by atoms with E-state index in [0.717, 1.165) is 5.69 Å². The fourth-order valence-electron chi connectivity index (χ4n) is 1.39. The fraction of sp³-hybridized carbons (Fsp3) is 0.182. The van der Waals surface area contributed by atoms with E-state index in [2.05, 4.69) is 10.1 Å².